The highest BCUT2D eigenvalue weighted by Crippen LogP contribution is 2.34. The van der Waals surface area contributed by atoms with Gasteiger partial charge in [0.25, 0.3) is 5.91 Å². The Labute approximate surface area is 188 Å². The average Bonchev–Trinajstić information content (AvgIpc) is 3.08. The Kier molecular flexibility index (Phi) is 7.72. The van der Waals surface area contributed by atoms with Crippen LogP contribution in [0, 0.1) is 0 Å². The van der Waals surface area contributed by atoms with E-state index in [2.05, 4.69) is 10.6 Å². The van der Waals surface area contributed by atoms with Gasteiger partial charge in [0, 0.05) is 23.0 Å². The van der Waals surface area contributed by atoms with Crippen LogP contribution < -0.4 is 10.6 Å². The van der Waals surface area contributed by atoms with E-state index in [1.165, 1.54) is 12.8 Å². The first-order valence-electron chi connectivity index (χ1n) is 9.55. The lowest BCUT2D eigenvalue weighted by Crippen LogP contribution is -2.17. The van der Waals surface area contributed by atoms with Crippen molar-refractivity contribution in [1.82, 2.24) is 0 Å². The Morgan fingerprint density at radius 2 is 1.62 bits per heavy atom. The van der Waals surface area contributed by atoms with Gasteiger partial charge in [-0.3, -0.25) is 4.79 Å². The van der Waals surface area contributed by atoms with Crippen molar-refractivity contribution in [2.75, 3.05) is 10.6 Å². The molecule has 2 aromatic carbocycles. The zero-order valence-corrected chi connectivity index (χ0v) is 19.1. The second-order valence-electron chi connectivity index (χ2n) is 8.38. The van der Waals surface area contributed by atoms with Crippen LogP contribution in [0.5, 0.6) is 5.75 Å². The van der Waals surface area contributed by atoms with Gasteiger partial charge in [-0.2, -0.15) is 0 Å². The van der Waals surface area contributed by atoms with Crippen LogP contribution in [0.1, 0.15) is 62.4 Å². The Bertz CT molecular complexity index is 865. The first kappa shape index (κ1) is 23.7. The summed E-state index contributed by atoms with van der Waals surface area (Å²) < 4.78 is 0. The van der Waals surface area contributed by atoms with E-state index in [0.717, 1.165) is 24.1 Å². The van der Waals surface area contributed by atoms with Gasteiger partial charge in [0.2, 0.25) is 0 Å². The number of carbonyl (C=O) groups is 1. The number of aromatic hydroxyl groups is 1. The fraction of sp³-hybridized carbons (Fsp3) is 0.409. The van der Waals surface area contributed by atoms with Crippen LogP contribution >= 0.6 is 35.6 Å². The maximum absolute atomic E-state index is 12.8. The van der Waals surface area contributed by atoms with Gasteiger partial charge in [-0.25, -0.2) is 0 Å². The molecule has 158 valence electrons. The Hall–Kier alpha value is -1.62. The Balaban J connectivity index is 0.00000300. The Morgan fingerprint density at radius 1 is 1.03 bits per heavy atom. The summed E-state index contributed by atoms with van der Waals surface area (Å²) in [5.74, 6) is -0.183. The van der Waals surface area contributed by atoms with Crippen molar-refractivity contribution in [2.24, 2.45) is 0 Å². The number of rotatable bonds is 4. The summed E-state index contributed by atoms with van der Waals surface area (Å²) in [6, 6.07) is 8.93. The smallest absolute Gasteiger partial charge is 0.258 e. The number of anilines is 2. The molecule has 4 nitrogen and oxygen atoms in total. The van der Waals surface area contributed by atoms with Crippen molar-refractivity contribution in [3.63, 3.8) is 0 Å². The number of amides is 1. The van der Waals surface area contributed by atoms with Crippen LogP contribution in [0.4, 0.5) is 11.4 Å². The quantitative estimate of drug-likeness (QED) is 0.432. The van der Waals surface area contributed by atoms with E-state index >= 15 is 0 Å². The van der Waals surface area contributed by atoms with E-state index in [-0.39, 0.29) is 35.0 Å². The van der Waals surface area contributed by atoms with Crippen molar-refractivity contribution in [3.05, 3.63) is 51.5 Å². The summed E-state index contributed by atoms with van der Waals surface area (Å²) in [7, 11) is 0. The van der Waals surface area contributed by atoms with Crippen molar-refractivity contribution in [2.45, 2.75) is 57.9 Å². The van der Waals surface area contributed by atoms with E-state index in [0.29, 0.717) is 21.8 Å². The molecule has 0 bridgehead atoms. The molecule has 0 radical (unpaired) electrons. The minimum atomic E-state index is -0.382. The number of hydrogen-bond acceptors (Lipinski definition) is 3. The molecule has 1 aliphatic rings. The van der Waals surface area contributed by atoms with Crippen LogP contribution in [-0.4, -0.2) is 17.1 Å². The molecule has 1 saturated carbocycles. The molecular weight excluding hydrogens is 431 g/mol. The third-order valence-electron chi connectivity index (χ3n) is 5.06. The number of halogens is 3. The number of nitrogens with one attached hydrogen (secondary N) is 2. The molecule has 3 rings (SSSR count). The predicted molar refractivity (Wildman–Crippen MR) is 124 cm³/mol. The predicted octanol–water partition coefficient (Wildman–Crippen LogP) is 7.03. The van der Waals surface area contributed by atoms with E-state index in [1.54, 1.807) is 30.3 Å². The van der Waals surface area contributed by atoms with Crippen LogP contribution in [-0.2, 0) is 5.41 Å². The molecule has 1 amide bonds. The molecule has 3 N–H and O–H groups in total. The minimum absolute atomic E-state index is 0. The van der Waals surface area contributed by atoms with Crippen molar-refractivity contribution in [3.8, 4) is 5.75 Å². The molecule has 0 unspecified atom stereocenters. The first-order valence-corrected chi connectivity index (χ1v) is 10.3. The zero-order valence-electron chi connectivity index (χ0n) is 16.8. The fourth-order valence-electron chi connectivity index (χ4n) is 3.59. The molecule has 0 aromatic heterocycles. The summed E-state index contributed by atoms with van der Waals surface area (Å²) in [6.45, 7) is 5.99. The van der Waals surface area contributed by atoms with E-state index in [4.69, 9.17) is 23.2 Å². The number of benzene rings is 2. The van der Waals surface area contributed by atoms with E-state index < -0.39 is 0 Å². The van der Waals surface area contributed by atoms with Gasteiger partial charge < -0.3 is 15.7 Å². The van der Waals surface area contributed by atoms with Crippen LogP contribution in [0.25, 0.3) is 0 Å². The molecule has 7 heteroatoms. The van der Waals surface area contributed by atoms with Crippen LogP contribution in [0.15, 0.2) is 30.3 Å². The first-order chi connectivity index (χ1) is 13.1. The summed E-state index contributed by atoms with van der Waals surface area (Å²) in [6.07, 6.45) is 4.72. The van der Waals surface area contributed by atoms with E-state index in [9.17, 15) is 9.90 Å². The SMILES string of the molecule is CC(C)(C)c1cc(NC(=O)c2c(Cl)cc(NC3CCCC3)cc2Cl)ccc1O.Cl. The standard InChI is InChI=1S/C22H26Cl2N2O2.ClH/c1-22(2,3)16-10-14(8-9-19(16)27)26-21(28)20-17(23)11-15(12-18(20)24)25-13-6-4-5-7-13;/h8-13,25,27H,4-7H2,1-3H3,(H,26,28);1H. The molecule has 1 aliphatic carbocycles. The molecule has 0 atom stereocenters. The number of carbonyl (C=O) groups excluding carboxylic acids is 1. The molecule has 0 aliphatic heterocycles. The van der Waals surface area contributed by atoms with Crippen LogP contribution in [0.3, 0.4) is 0 Å². The highest BCUT2D eigenvalue weighted by molar-refractivity contribution is 6.40. The highest BCUT2D eigenvalue weighted by Gasteiger charge is 2.21. The second-order valence-corrected chi connectivity index (χ2v) is 9.19. The largest absolute Gasteiger partial charge is 0.508 e. The molecule has 29 heavy (non-hydrogen) atoms. The fourth-order valence-corrected chi connectivity index (χ4v) is 4.25. The zero-order chi connectivity index (χ0) is 20.5. The van der Waals surface area contributed by atoms with Gasteiger partial charge in [-0.15, -0.1) is 12.4 Å². The van der Waals surface area contributed by atoms with Crippen molar-refractivity contribution in [1.29, 1.82) is 0 Å². The second kappa shape index (κ2) is 9.46. The monoisotopic (exact) mass is 456 g/mol. The summed E-state index contributed by atoms with van der Waals surface area (Å²) in [4.78, 5) is 12.8. The number of phenolic OH excluding ortho intramolecular Hbond substituents is 1. The van der Waals surface area contributed by atoms with Gasteiger partial charge in [0.1, 0.15) is 5.75 Å². The van der Waals surface area contributed by atoms with Gasteiger partial charge in [-0.05, 0) is 48.6 Å². The lowest BCUT2D eigenvalue weighted by molar-refractivity contribution is 0.102. The summed E-state index contributed by atoms with van der Waals surface area (Å²) in [5.41, 5.74) is 2.14. The molecule has 0 saturated heterocycles. The van der Waals surface area contributed by atoms with Crippen molar-refractivity contribution >= 4 is 52.9 Å². The normalized spacial score (nSPS) is 14.4. The van der Waals surface area contributed by atoms with E-state index in [1.807, 2.05) is 20.8 Å². The minimum Gasteiger partial charge on any atom is -0.508 e. The van der Waals surface area contributed by atoms with Crippen LogP contribution in [0.2, 0.25) is 10.0 Å². The number of phenols is 1. The molecule has 0 heterocycles. The van der Waals surface area contributed by atoms with Gasteiger partial charge in [-0.1, -0.05) is 56.8 Å². The third kappa shape index (κ3) is 5.71. The highest BCUT2D eigenvalue weighted by atomic mass is 35.5. The maximum atomic E-state index is 12.8. The lowest BCUT2D eigenvalue weighted by Gasteiger charge is -2.21. The van der Waals surface area contributed by atoms with Gasteiger partial charge in [0.15, 0.2) is 0 Å². The topological polar surface area (TPSA) is 61.4 Å². The Morgan fingerprint density at radius 3 is 2.17 bits per heavy atom. The summed E-state index contributed by atoms with van der Waals surface area (Å²) >= 11 is 12.8. The third-order valence-corrected chi connectivity index (χ3v) is 5.65. The molecule has 2 aromatic rings. The van der Waals surface area contributed by atoms with Gasteiger partial charge in [0.05, 0.1) is 15.6 Å². The van der Waals surface area contributed by atoms with Crippen molar-refractivity contribution < 1.29 is 9.90 Å². The molecular formula is C22H27Cl3N2O2. The average molecular weight is 458 g/mol. The number of hydrogen-bond donors (Lipinski definition) is 3. The maximum Gasteiger partial charge on any atom is 0.258 e. The molecule has 1 fully saturated rings. The summed E-state index contributed by atoms with van der Waals surface area (Å²) in [5, 5.41) is 17.0. The molecule has 0 spiro atoms. The van der Waals surface area contributed by atoms with Gasteiger partial charge >= 0.3 is 0 Å². The lowest BCUT2D eigenvalue weighted by atomic mass is 9.86.